The molecule has 0 aliphatic carbocycles. The number of carbonyl (C=O) groups excluding carboxylic acids is 1. The second-order valence-electron chi connectivity index (χ2n) is 8.21. The smallest absolute Gasteiger partial charge is 0.253 e. The fraction of sp³-hybridized carbons (Fsp3) is 0.391. The van der Waals surface area contributed by atoms with Crippen LogP contribution in [0.3, 0.4) is 0 Å². The number of nitrogens with zero attached hydrogens (tertiary/aromatic N) is 3. The van der Waals surface area contributed by atoms with E-state index in [2.05, 4.69) is 22.0 Å². The van der Waals surface area contributed by atoms with Crippen molar-refractivity contribution in [2.45, 2.75) is 50.7 Å². The summed E-state index contributed by atoms with van der Waals surface area (Å²) in [5.41, 5.74) is 3.70. The van der Waals surface area contributed by atoms with Crippen LogP contribution >= 0.6 is 24.8 Å². The average molecular weight is 447 g/mol. The molecule has 160 valence electrons. The first-order chi connectivity index (χ1) is 13.6. The van der Waals surface area contributed by atoms with Crippen LogP contribution in [0.25, 0.3) is 16.7 Å². The maximum absolute atomic E-state index is 13.2. The van der Waals surface area contributed by atoms with Crippen molar-refractivity contribution in [3.8, 4) is 5.69 Å². The third-order valence-electron chi connectivity index (χ3n) is 6.40. The summed E-state index contributed by atoms with van der Waals surface area (Å²) in [6.45, 7) is 2.01. The summed E-state index contributed by atoms with van der Waals surface area (Å²) in [7, 11) is 1.95. The number of imidazole rings is 1. The summed E-state index contributed by atoms with van der Waals surface area (Å²) >= 11 is 0. The number of fused-ring (bicyclic) bond motifs is 3. The summed E-state index contributed by atoms with van der Waals surface area (Å²) in [4.78, 5) is 19.8. The van der Waals surface area contributed by atoms with Gasteiger partial charge in [0, 0.05) is 36.4 Å². The Labute approximate surface area is 189 Å². The molecule has 2 bridgehead atoms. The van der Waals surface area contributed by atoms with E-state index in [0.29, 0.717) is 18.1 Å². The Kier molecular flexibility index (Phi) is 6.75. The number of para-hydroxylation sites is 1. The molecule has 2 atom stereocenters. The number of amides is 1. The van der Waals surface area contributed by atoms with Crippen molar-refractivity contribution < 1.29 is 4.79 Å². The van der Waals surface area contributed by atoms with E-state index >= 15 is 0 Å². The quantitative estimate of drug-likeness (QED) is 0.642. The largest absolute Gasteiger partial charge is 0.339 e. The van der Waals surface area contributed by atoms with E-state index in [1.807, 2.05) is 55.3 Å². The Morgan fingerprint density at radius 2 is 1.73 bits per heavy atom. The molecule has 3 heterocycles. The SMILES string of the molecule is Cc1nc2cc(C(=O)N(C)C3CC4CCC(C3)N4)ccc2n1-c1ccccc1.Cl.Cl. The highest BCUT2D eigenvalue weighted by Gasteiger charge is 2.36. The van der Waals surface area contributed by atoms with Gasteiger partial charge in [0.2, 0.25) is 0 Å². The maximum Gasteiger partial charge on any atom is 0.253 e. The van der Waals surface area contributed by atoms with Crippen molar-refractivity contribution in [2.24, 2.45) is 0 Å². The molecule has 2 aliphatic heterocycles. The number of carbonyl (C=O) groups is 1. The first-order valence-corrected chi connectivity index (χ1v) is 10.2. The van der Waals surface area contributed by atoms with Gasteiger partial charge < -0.3 is 10.2 Å². The van der Waals surface area contributed by atoms with E-state index in [9.17, 15) is 4.79 Å². The van der Waals surface area contributed by atoms with Crippen LogP contribution in [0, 0.1) is 6.92 Å². The molecule has 2 fully saturated rings. The first-order valence-electron chi connectivity index (χ1n) is 10.2. The summed E-state index contributed by atoms with van der Waals surface area (Å²) in [5.74, 6) is 1.02. The van der Waals surface area contributed by atoms with Gasteiger partial charge in [0.25, 0.3) is 5.91 Å². The number of aromatic nitrogens is 2. The van der Waals surface area contributed by atoms with Gasteiger partial charge in [-0.05, 0) is 62.9 Å². The summed E-state index contributed by atoms with van der Waals surface area (Å²) in [6.07, 6.45) is 4.60. The molecule has 3 aromatic rings. The first kappa shape index (κ1) is 22.6. The molecule has 1 amide bonds. The van der Waals surface area contributed by atoms with Crippen molar-refractivity contribution >= 4 is 41.8 Å². The Hall–Kier alpha value is -2.08. The highest BCUT2D eigenvalue weighted by Crippen LogP contribution is 2.30. The lowest BCUT2D eigenvalue weighted by atomic mass is 9.98. The highest BCUT2D eigenvalue weighted by molar-refractivity contribution is 5.97. The van der Waals surface area contributed by atoms with Crippen molar-refractivity contribution in [1.82, 2.24) is 19.8 Å². The Bertz CT molecular complexity index is 1020. The molecule has 5 nitrogen and oxygen atoms in total. The van der Waals surface area contributed by atoms with Crippen LogP contribution in [0.15, 0.2) is 48.5 Å². The minimum atomic E-state index is 0. The Morgan fingerprint density at radius 3 is 2.40 bits per heavy atom. The van der Waals surface area contributed by atoms with E-state index in [-0.39, 0.29) is 30.7 Å². The molecule has 0 saturated carbocycles. The molecular weight excluding hydrogens is 419 g/mol. The second-order valence-corrected chi connectivity index (χ2v) is 8.21. The maximum atomic E-state index is 13.2. The molecular formula is C23H28Cl2N4O. The predicted molar refractivity (Wildman–Crippen MR) is 125 cm³/mol. The number of rotatable bonds is 3. The number of piperidine rings is 1. The van der Waals surface area contributed by atoms with Gasteiger partial charge in [-0.25, -0.2) is 4.98 Å². The Morgan fingerprint density at radius 1 is 1.07 bits per heavy atom. The summed E-state index contributed by atoms with van der Waals surface area (Å²) in [6, 6.07) is 17.6. The number of aryl methyl sites for hydroxylation is 1. The molecule has 0 spiro atoms. The number of halogens is 2. The van der Waals surface area contributed by atoms with Gasteiger partial charge in [0.1, 0.15) is 5.82 Å². The van der Waals surface area contributed by atoms with Gasteiger partial charge in [-0.3, -0.25) is 9.36 Å². The average Bonchev–Trinajstić information content (AvgIpc) is 3.24. The van der Waals surface area contributed by atoms with Crippen LogP contribution in [0.4, 0.5) is 0 Å². The molecule has 2 aromatic carbocycles. The third-order valence-corrected chi connectivity index (χ3v) is 6.40. The van der Waals surface area contributed by atoms with Crippen LogP contribution in [0.5, 0.6) is 0 Å². The lowest BCUT2D eigenvalue weighted by molar-refractivity contribution is 0.0682. The molecule has 30 heavy (non-hydrogen) atoms. The molecule has 0 radical (unpaired) electrons. The van der Waals surface area contributed by atoms with Crippen molar-refractivity contribution in [1.29, 1.82) is 0 Å². The normalized spacial score (nSPS) is 22.3. The van der Waals surface area contributed by atoms with Crippen molar-refractivity contribution in [2.75, 3.05) is 7.05 Å². The van der Waals surface area contributed by atoms with Gasteiger partial charge in [-0.15, -0.1) is 24.8 Å². The minimum Gasteiger partial charge on any atom is -0.339 e. The van der Waals surface area contributed by atoms with Crippen LogP contribution in [0.1, 0.15) is 41.9 Å². The standard InChI is InChI=1S/C23H26N4O.2ClH/c1-15-24-21-12-16(8-11-22(21)27(15)19-6-4-3-5-7-19)23(28)26(2)20-13-17-9-10-18(14-20)25-17;;/h3-8,11-12,17-18,20,25H,9-10,13-14H2,1-2H3;2*1H. The zero-order valence-corrected chi connectivity index (χ0v) is 18.9. The van der Waals surface area contributed by atoms with Crippen LogP contribution in [-0.4, -0.2) is 45.5 Å². The summed E-state index contributed by atoms with van der Waals surface area (Å²) in [5, 5.41) is 3.65. The Balaban J connectivity index is 0.00000128. The number of nitrogens with one attached hydrogen (secondary N) is 1. The monoisotopic (exact) mass is 446 g/mol. The van der Waals surface area contributed by atoms with E-state index in [0.717, 1.165) is 41.0 Å². The van der Waals surface area contributed by atoms with Crippen molar-refractivity contribution in [3.63, 3.8) is 0 Å². The second kappa shape index (κ2) is 8.96. The van der Waals surface area contributed by atoms with E-state index in [1.165, 1.54) is 12.8 Å². The third kappa shape index (κ3) is 3.94. The molecule has 1 N–H and O–H groups in total. The summed E-state index contributed by atoms with van der Waals surface area (Å²) < 4.78 is 2.14. The fourth-order valence-electron chi connectivity index (χ4n) is 4.95. The van der Waals surface area contributed by atoms with Crippen LogP contribution in [0.2, 0.25) is 0 Å². The molecule has 2 unspecified atom stereocenters. The lowest BCUT2D eigenvalue weighted by Crippen LogP contribution is -2.48. The zero-order chi connectivity index (χ0) is 19.3. The van der Waals surface area contributed by atoms with Gasteiger partial charge in [0.15, 0.2) is 0 Å². The lowest BCUT2D eigenvalue weighted by Gasteiger charge is -2.35. The zero-order valence-electron chi connectivity index (χ0n) is 17.2. The van der Waals surface area contributed by atoms with Crippen molar-refractivity contribution in [3.05, 3.63) is 59.9 Å². The van der Waals surface area contributed by atoms with E-state index < -0.39 is 0 Å². The number of hydrogen-bond donors (Lipinski definition) is 1. The number of benzene rings is 2. The van der Waals surface area contributed by atoms with E-state index in [1.54, 1.807) is 0 Å². The van der Waals surface area contributed by atoms with E-state index in [4.69, 9.17) is 4.98 Å². The van der Waals surface area contributed by atoms with Gasteiger partial charge in [0.05, 0.1) is 11.0 Å². The topological polar surface area (TPSA) is 50.2 Å². The van der Waals surface area contributed by atoms with Gasteiger partial charge >= 0.3 is 0 Å². The van der Waals surface area contributed by atoms with Crippen LogP contribution in [-0.2, 0) is 0 Å². The van der Waals surface area contributed by atoms with Gasteiger partial charge in [-0.1, -0.05) is 18.2 Å². The molecule has 7 heteroatoms. The molecule has 1 aromatic heterocycles. The molecule has 2 saturated heterocycles. The predicted octanol–water partition coefficient (Wildman–Crippen LogP) is 4.53. The highest BCUT2D eigenvalue weighted by atomic mass is 35.5. The van der Waals surface area contributed by atoms with Gasteiger partial charge in [-0.2, -0.15) is 0 Å². The minimum absolute atomic E-state index is 0. The molecule has 5 rings (SSSR count). The number of hydrogen-bond acceptors (Lipinski definition) is 3. The fourth-order valence-corrected chi connectivity index (χ4v) is 4.95. The van der Waals surface area contributed by atoms with Crippen LogP contribution < -0.4 is 5.32 Å². The molecule has 2 aliphatic rings.